The maximum Gasteiger partial charge on any atom is 0.142 e. The molecular weight excluding hydrogens is 166 g/mol. The van der Waals surface area contributed by atoms with Gasteiger partial charge in [-0.3, -0.25) is 9.59 Å². The Morgan fingerprint density at radius 1 is 1.08 bits per heavy atom. The lowest BCUT2D eigenvalue weighted by atomic mass is 9.75. The maximum absolute atomic E-state index is 11.3. The van der Waals surface area contributed by atoms with Gasteiger partial charge >= 0.3 is 0 Å². The number of carbonyl (C=O) groups is 2. The lowest BCUT2D eigenvalue weighted by molar-refractivity contribution is -0.132. The van der Waals surface area contributed by atoms with Crippen LogP contribution < -0.4 is 5.32 Å². The van der Waals surface area contributed by atoms with Crippen molar-refractivity contribution >= 4 is 11.6 Å². The molecule has 1 heterocycles. The van der Waals surface area contributed by atoms with Gasteiger partial charge in [-0.25, -0.2) is 0 Å². The van der Waals surface area contributed by atoms with Crippen LogP contribution in [0.15, 0.2) is 0 Å². The number of ketones is 2. The Labute approximate surface area is 77.9 Å². The average Bonchev–Trinajstić information content (AvgIpc) is 2.02. The zero-order valence-electron chi connectivity index (χ0n) is 7.77. The normalized spacial score (nSPS) is 28.0. The second-order valence-electron chi connectivity index (χ2n) is 4.27. The summed E-state index contributed by atoms with van der Waals surface area (Å²) in [7, 11) is 0. The summed E-state index contributed by atoms with van der Waals surface area (Å²) in [5.74, 6) is 0.233. The topological polar surface area (TPSA) is 46.2 Å². The molecule has 0 atom stereocenters. The average molecular weight is 181 g/mol. The number of piperidine rings is 1. The quantitative estimate of drug-likeness (QED) is 0.563. The predicted octanol–water partition coefficient (Wildman–Crippen LogP) is 0.821. The number of Topliss-reactive ketones (excluding diaryl/α,β-unsaturated/α-hetero) is 2. The van der Waals surface area contributed by atoms with Gasteiger partial charge in [-0.05, 0) is 19.4 Å². The van der Waals surface area contributed by atoms with Crippen LogP contribution in [0.3, 0.4) is 0 Å². The fourth-order valence-electron chi connectivity index (χ4n) is 2.49. The molecule has 0 aromatic heterocycles. The SMILES string of the molecule is O=C1CC(=O)CC2(CCCCN2)C1. The molecule has 1 aliphatic heterocycles. The van der Waals surface area contributed by atoms with E-state index >= 15 is 0 Å². The van der Waals surface area contributed by atoms with Crippen molar-refractivity contribution in [1.29, 1.82) is 0 Å². The fourth-order valence-corrected chi connectivity index (χ4v) is 2.49. The van der Waals surface area contributed by atoms with E-state index in [4.69, 9.17) is 0 Å². The highest BCUT2D eigenvalue weighted by molar-refractivity contribution is 6.02. The van der Waals surface area contributed by atoms with Gasteiger partial charge in [0, 0.05) is 18.4 Å². The molecule has 13 heavy (non-hydrogen) atoms. The third-order valence-electron chi connectivity index (χ3n) is 3.05. The van der Waals surface area contributed by atoms with Gasteiger partial charge in [0.2, 0.25) is 0 Å². The van der Waals surface area contributed by atoms with Gasteiger partial charge in [0.15, 0.2) is 0 Å². The summed E-state index contributed by atoms with van der Waals surface area (Å²) in [6, 6.07) is 0. The Hall–Kier alpha value is -0.700. The molecule has 3 nitrogen and oxygen atoms in total. The Morgan fingerprint density at radius 2 is 1.77 bits per heavy atom. The Kier molecular flexibility index (Phi) is 2.20. The lowest BCUT2D eigenvalue weighted by Crippen LogP contribution is -2.53. The third kappa shape index (κ3) is 1.80. The maximum atomic E-state index is 11.3. The number of rotatable bonds is 0. The van der Waals surface area contributed by atoms with Crippen LogP contribution in [0.1, 0.15) is 38.5 Å². The summed E-state index contributed by atoms with van der Waals surface area (Å²) in [5.41, 5.74) is -0.148. The lowest BCUT2D eigenvalue weighted by Gasteiger charge is -2.39. The van der Waals surface area contributed by atoms with Crippen LogP contribution in [-0.4, -0.2) is 23.7 Å². The summed E-state index contributed by atoms with van der Waals surface area (Å²) in [6.45, 7) is 0.959. The molecule has 0 radical (unpaired) electrons. The van der Waals surface area contributed by atoms with E-state index in [0.717, 1.165) is 19.4 Å². The van der Waals surface area contributed by atoms with Crippen LogP contribution in [0.5, 0.6) is 0 Å². The molecule has 2 rings (SSSR count). The summed E-state index contributed by atoms with van der Waals surface area (Å²) in [5, 5.41) is 3.35. The highest BCUT2D eigenvalue weighted by atomic mass is 16.1. The van der Waals surface area contributed by atoms with Crippen molar-refractivity contribution in [2.45, 2.75) is 44.1 Å². The molecule has 1 spiro atoms. The Bertz CT molecular complexity index is 223. The van der Waals surface area contributed by atoms with Crippen molar-refractivity contribution in [3.8, 4) is 0 Å². The molecule has 0 aromatic rings. The van der Waals surface area contributed by atoms with Crippen LogP contribution in [0, 0.1) is 0 Å². The molecule has 3 heteroatoms. The zero-order chi connectivity index (χ0) is 9.31. The summed E-state index contributed by atoms with van der Waals surface area (Å²) >= 11 is 0. The highest BCUT2D eigenvalue weighted by Crippen LogP contribution is 2.31. The van der Waals surface area contributed by atoms with Crippen molar-refractivity contribution in [2.75, 3.05) is 6.54 Å². The Balaban J connectivity index is 2.11. The fraction of sp³-hybridized carbons (Fsp3) is 0.800. The van der Waals surface area contributed by atoms with E-state index in [2.05, 4.69) is 5.32 Å². The van der Waals surface area contributed by atoms with Gasteiger partial charge in [-0.1, -0.05) is 6.42 Å². The number of carbonyl (C=O) groups excluding carboxylic acids is 2. The van der Waals surface area contributed by atoms with E-state index in [9.17, 15) is 9.59 Å². The van der Waals surface area contributed by atoms with E-state index < -0.39 is 0 Å². The second kappa shape index (κ2) is 3.22. The van der Waals surface area contributed by atoms with Crippen molar-refractivity contribution in [3.63, 3.8) is 0 Å². The van der Waals surface area contributed by atoms with E-state index in [1.54, 1.807) is 0 Å². The third-order valence-corrected chi connectivity index (χ3v) is 3.05. The molecule has 0 amide bonds. The smallest absolute Gasteiger partial charge is 0.142 e. The molecule has 1 saturated carbocycles. The van der Waals surface area contributed by atoms with Gasteiger partial charge in [0.05, 0.1) is 6.42 Å². The van der Waals surface area contributed by atoms with E-state index in [-0.39, 0.29) is 23.5 Å². The first kappa shape index (κ1) is 8.88. The minimum atomic E-state index is -0.148. The molecule has 1 saturated heterocycles. The molecule has 1 N–H and O–H groups in total. The number of hydrogen-bond donors (Lipinski definition) is 1. The first-order valence-electron chi connectivity index (χ1n) is 4.99. The van der Waals surface area contributed by atoms with E-state index in [1.165, 1.54) is 6.42 Å². The van der Waals surface area contributed by atoms with Gasteiger partial charge in [-0.2, -0.15) is 0 Å². The Morgan fingerprint density at radius 3 is 2.31 bits per heavy atom. The van der Waals surface area contributed by atoms with E-state index in [0.29, 0.717) is 12.8 Å². The van der Waals surface area contributed by atoms with Crippen molar-refractivity contribution < 1.29 is 9.59 Å². The second-order valence-corrected chi connectivity index (χ2v) is 4.27. The van der Waals surface area contributed by atoms with Crippen LogP contribution in [-0.2, 0) is 9.59 Å². The first-order valence-corrected chi connectivity index (χ1v) is 4.99. The zero-order valence-corrected chi connectivity index (χ0v) is 7.77. The molecule has 0 aromatic carbocycles. The van der Waals surface area contributed by atoms with Crippen LogP contribution in [0.25, 0.3) is 0 Å². The van der Waals surface area contributed by atoms with Crippen LogP contribution in [0.2, 0.25) is 0 Å². The minimum absolute atomic E-state index is 0.116. The first-order chi connectivity index (χ1) is 6.20. The monoisotopic (exact) mass is 181 g/mol. The van der Waals surface area contributed by atoms with Crippen molar-refractivity contribution in [1.82, 2.24) is 5.32 Å². The van der Waals surface area contributed by atoms with Crippen molar-refractivity contribution in [3.05, 3.63) is 0 Å². The number of hydrogen-bond acceptors (Lipinski definition) is 3. The van der Waals surface area contributed by atoms with Crippen LogP contribution in [0.4, 0.5) is 0 Å². The number of nitrogens with one attached hydrogen (secondary N) is 1. The molecule has 72 valence electrons. The highest BCUT2D eigenvalue weighted by Gasteiger charge is 2.39. The molecule has 2 fully saturated rings. The van der Waals surface area contributed by atoms with Gasteiger partial charge in [-0.15, -0.1) is 0 Å². The molecule has 0 unspecified atom stereocenters. The van der Waals surface area contributed by atoms with Gasteiger partial charge in [0.25, 0.3) is 0 Å². The largest absolute Gasteiger partial charge is 0.310 e. The van der Waals surface area contributed by atoms with Gasteiger partial charge in [0.1, 0.15) is 11.6 Å². The summed E-state index contributed by atoms with van der Waals surface area (Å²) in [4.78, 5) is 22.6. The van der Waals surface area contributed by atoms with Crippen LogP contribution >= 0.6 is 0 Å². The molecular formula is C10H15NO2. The molecule has 1 aliphatic carbocycles. The summed E-state index contributed by atoms with van der Waals surface area (Å²) in [6.07, 6.45) is 4.61. The molecule has 0 bridgehead atoms. The predicted molar refractivity (Wildman–Crippen MR) is 48.4 cm³/mol. The molecule has 2 aliphatic rings. The van der Waals surface area contributed by atoms with Gasteiger partial charge < -0.3 is 5.32 Å². The summed E-state index contributed by atoms with van der Waals surface area (Å²) < 4.78 is 0. The van der Waals surface area contributed by atoms with Crippen molar-refractivity contribution in [2.24, 2.45) is 0 Å². The minimum Gasteiger partial charge on any atom is -0.310 e. The van der Waals surface area contributed by atoms with E-state index in [1.807, 2.05) is 0 Å². The standard InChI is InChI=1S/C10H15NO2/c12-8-5-9(13)7-10(6-8)3-1-2-4-11-10/h11H,1-7H2.